The quantitative estimate of drug-likeness (QED) is 0.0496. The van der Waals surface area contributed by atoms with Crippen LogP contribution in [0.25, 0.3) is 12.2 Å². The van der Waals surface area contributed by atoms with Crippen LogP contribution < -0.4 is 43.6 Å². The molecule has 0 radical (unpaired) electrons. The number of halogens is 2. The maximum Gasteiger partial charge on any atom is 0.328 e. The highest BCUT2D eigenvalue weighted by atomic mass is 35.5. The van der Waals surface area contributed by atoms with Gasteiger partial charge in [0, 0.05) is 24.6 Å². The lowest BCUT2D eigenvalue weighted by Gasteiger charge is -2.13. The monoisotopic (exact) mass is 1130 g/mol. The fraction of sp³-hybridized carbons (Fsp3) is 0.194. The second-order valence-electron chi connectivity index (χ2n) is 18.0. The molecule has 8 aromatic rings. The number of ketones is 1. The van der Waals surface area contributed by atoms with Gasteiger partial charge >= 0.3 is 5.97 Å². The normalized spacial score (nSPS) is 10.7. The Morgan fingerprint density at radius 1 is 0.420 bits per heavy atom. The minimum atomic E-state index is -1.04. The Bertz CT molecular complexity index is 3270. The number of carboxylic acid groups (broad SMARTS) is 1. The number of methoxy groups -OCH3 is 4. The molecule has 0 aliphatic rings. The molecule has 0 amide bonds. The number of allylic oxidation sites excluding steroid dienone is 1. The molecular formula is C67H67Cl2NO11. The number of carbonyl (C=O) groups excluding carboxylic acids is 1. The zero-order chi connectivity index (χ0) is 57.6. The molecule has 0 saturated carbocycles. The molecule has 0 unspecified atom stereocenters. The Morgan fingerprint density at radius 2 is 0.765 bits per heavy atom. The fourth-order valence-corrected chi connectivity index (χ4v) is 8.32. The van der Waals surface area contributed by atoms with E-state index in [9.17, 15) is 9.59 Å². The summed E-state index contributed by atoms with van der Waals surface area (Å²) in [5.74, 6) is 3.95. The SMILES string of the molecule is COc1cc(Cl)c(/C=C/C(=O)O)cc1OCc1ccccc1.COc1ccc(CCCC(=O)/C=C/c2cc(OCc3ccccc3)c(OC)cc2Cl)cc1OCc1ccccc1.COc1ccc(CCN)cc1OCc1ccccc1. The van der Waals surface area contributed by atoms with Gasteiger partial charge < -0.3 is 48.7 Å². The maximum absolute atomic E-state index is 12.6. The average Bonchev–Trinajstić information content (AvgIpc) is 3.50. The molecule has 420 valence electrons. The number of hydrogen-bond acceptors (Lipinski definition) is 11. The number of ether oxygens (including phenoxy) is 8. The minimum absolute atomic E-state index is 0.0210. The van der Waals surface area contributed by atoms with Crippen LogP contribution in [0.15, 0.2) is 194 Å². The Hall–Kier alpha value is -8.68. The summed E-state index contributed by atoms with van der Waals surface area (Å²) in [5.41, 5.74) is 13.3. The Balaban J connectivity index is 0.000000216. The van der Waals surface area contributed by atoms with E-state index in [0.717, 1.165) is 63.8 Å². The van der Waals surface area contributed by atoms with Crippen molar-refractivity contribution in [2.75, 3.05) is 35.0 Å². The summed E-state index contributed by atoms with van der Waals surface area (Å²) in [6.45, 7) is 2.39. The molecule has 0 aliphatic carbocycles. The number of rotatable bonds is 26. The predicted octanol–water partition coefficient (Wildman–Crippen LogP) is 14.9. The van der Waals surface area contributed by atoms with E-state index in [1.807, 2.05) is 158 Å². The van der Waals surface area contributed by atoms with Gasteiger partial charge in [0.15, 0.2) is 51.8 Å². The first-order chi connectivity index (χ1) is 39.5. The molecule has 8 rings (SSSR count). The van der Waals surface area contributed by atoms with E-state index in [-0.39, 0.29) is 5.78 Å². The van der Waals surface area contributed by atoms with Gasteiger partial charge in [-0.15, -0.1) is 0 Å². The second-order valence-corrected chi connectivity index (χ2v) is 18.8. The van der Waals surface area contributed by atoms with Crippen molar-refractivity contribution in [2.45, 2.75) is 52.1 Å². The summed E-state index contributed by atoms with van der Waals surface area (Å²) in [6, 6.07) is 58.2. The van der Waals surface area contributed by atoms with E-state index in [1.165, 1.54) is 13.2 Å². The minimum Gasteiger partial charge on any atom is -0.493 e. The van der Waals surface area contributed by atoms with E-state index in [0.29, 0.717) is 101 Å². The first-order valence-corrected chi connectivity index (χ1v) is 26.8. The lowest BCUT2D eigenvalue weighted by Crippen LogP contribution is -2.04. The molecule has 0 spiro atoms. The van der Waals surface area contributed by atoms with Crippen LogP contribution in [0.4, 0.5) is 0 Å². The zero-order valence-electron chi connectivity index (χ0n) is 45.9. The first kappa shape index (κ1) is 61.5. The summed E-state index contributed by atoms with van der Waals surface area (Å²) in [5, 5.41) is 9.57. The molecule has 12 nitrogen and oxygen atoms in total. The van der Waals surface area contributed by atoms with Gasteiger partial charge in [0.1, 0.15) is 26.4 Å². The van der Waals surface area contributed by atoms with Crippen LogP contribution in [0.5, 0.6) is 46.0 Å². The molecule has 0 atom stereocenters. The molecule has 81 heavy (non-hydrogen) atoms. The Morgan fingerprint density at radius 3 is 1.11 bits per heavy atom. The van der Waals surface area contributed by atoms with Crippen molar-refractivity contribution < 1.29 is 52.6 Å². The van der Waals surface area contributed by atoms with E-state index in [1.54, 1.807) is 57.7 Å². The van der Waals surface area contributed by atoms with Crippen LogP contribution in [-0.2, 0) is 48.9 Å². The van der Waals surface area contributed by atoms with Crippen molar-refractivity contribution in [1.29, 1.82) is 0 Å². The predicted molar refractivity (Wildman–Crippen MR) is 321 cm³/mol. The van der Waals surface area contributed by atoms with Crippen LogP contribution in [0.3, 0.4) is 0 Å². The van der Waals surface area contributed by atoms with Gasteiger partial charge in [-0.05, 0) is 125 Å². The highest BCUT2D eigenvalue weighted by Gasteiger charge is 2.13. The van der Waals surface area contributed by atoms with Crippen molar-refractivity contribution in [3.05, 3.63) is 249 Å². The van der Waals surface area contributed by atoms with Gasteiger partial charge in [0.2, 0.25) is 0 Å². The van der Waals surface area contributed by atoms with Gasteiger partial charge in [0.25, 0.3) is 0 Å². The molecule has 14 heteroatoms. The third kappa shape index (κ3) is 20.8. The van der Waals surface area contributed by atoms with E-state index in [2.05, 4.69) is 0 Å². The van der Waals surface area contributed by atoms with Crippen molar-refractivity contribution in [3.8, 4) is 46.0 Å². The van der Waals surface area contributed by atoms with E-state index >= 15 is 0 Å². The van der Waals surface area contributed by atoms with Crippen molar-refractivity contribution >= 4 is 47.1 Å². The smallest absolute Gasteiger partial charge is 0.328 e. The number of benzene rings is 8. The second kappa shape index (κ2) is 33.7. The molecule has 0 aromatic heterocycles. The van der Waals surface area contributed by atoms with Gasteiger partial charge in [-0.25, -0.2) is 4.79 Å². The topological polar surface area (TPSA) is 154 Å². The highest BCUT2D eigenvalue weighted by molar-refractivity contribution is 6.32. The third-order valence-corrected chi connectivity index (χ3v) is 12.8. The van der Waals surface area contributed by atoms with Gasteiger partial charge in [0.05, 0.1) is 38.5 Å². The molecule has 0 saturated heterocycles. The summed E-state index contributed by atoms with van der Waals surface area (Å²) >= 11 is 12.6. The number of nitrogens with two attached hydrogens (primary N) is 1. The number of aliphatic carboxylic acids is 1. The summed E-state index contributed by atoms with van der Waals surface area (Å²) in [6.07, 6.45) is 8.43. The molecule has 0 fully saturated rings. The lowest BCUT2D eigenvalue weighted by molar-refractivity contribution is -0.131. The largest absolute Gasteiger partial charge is 0.493 e. The Labute approximate surface area is 484 Å². The fourth-order valence-electron chi connectivity index (χ4n) is 7.88. The van der Waals surface area contributed by atoms with E-state index in [4.69, 9.17) is 71.9 Å². The summed E-state index contributed by atoms with van der Waals surface area (Å²) in [7, 11) is 6.37. The van der Waals surface area contributed by atoms with Crippen LogP contribution >= 0.6 is 23.2 Å². The molecule has 8 aromatic carbocycles. The zero-order valence-corrected chi connectivity index (χ0v) is 47.4. The highest BCUT2D eigenvalue weighted by Crippen LogP contribution is 2.37. The van der Waals surface area contributed by atoms with Gasteiger partial charge in [-0.3, -0.25) is 4.79 Å². The van der Waals surface area contributed by atoms with Gasteiger partial charge in [-0.1, -0.05) is 157 Å². The number of carbonyl (C=O) groups is 2. The van der Waals surface area contributed by atoms with Gasteiger partial charge in [-0.2, -0.15) is 0 Å². The number of carboxylic acids is 1. The molecular weight excluding hydrogens is 1070 g/mol. The number of aryl methyl sites for hydroxylation is 1. The third-order valence-electron chi connectivity index (χ3n) is 12.1. The maximum atomic E-state index is 12.6. The molecule has 0 bridgehead atoms. The van der Waals surface area contributed by atoms with Crippen LogP contribution in [-0.4, -0.2) is 51.8 Å². The molecule has 3 N–H and O–H groups in total. The van der Waals surface area contributed by atoms with Crippen molar-refractivity contribution in [1.82, 2.24) is 0 Å². The summed E-state index contributed by atoms with van der Waals surface area (Å²) < 4.78 is 45.0. The standard InChI is InChI=1S/C34H33ClO5.C17H15ClO4.C16H19NO2/c1-37-31-19-16-25(20-33(31)39-23-26-10-5-3-6-11-26)14-9-15-29(36)18-17-28-21-34(32(38-2)22-30(28)35)40-24-27-12-7-4-8-13-27;1-21-15-10-14(18)13(7-8-17(19)20)9-16(15)22-11-12-5-3-2-4-6-12;1-18-15-8-7-13(9-10-17)11-16(15)19-12-14-5-3-2-4-6-14/h3-8,10-13,16-22H,9,14-15,23-24H2,1-2H3;2-10H,11H2,1H3,(H,19,20);2-8,11H,9-10,12,17H2,1H3/b18-17+;8-7+;. The average molecular weight is 1130 g/mol. The Kier molecular flexibility index (Phi) is 25.6. The van der Waals surface area contributed by atoms with Crippen molar-refractivity contribution in [2.24, 2.45) is 5.73 Å². The number of hydrogen-bond donors (Lipinski definition) is 2. The van der Waals surface area contributed by atoms with Crippen LogP contribution in [0.1, 0.15) is 57.3 Å². The van der Waals surface area contributed by atoms with Crippen LogP contribution in [0, 0.1) is 0 Å². The lowest BCUT2D eigenvalue weighted by atomic mass is 10.1. The summed E-state index contributed by atoms with van der Waals surface area (Å²) in [4.78, 5) is 23.2. The molecule has 0 aliphatic heterocycles. The first-order valence-electron chi connectivity index (χ1n) is 26.1. The van der Waals surface area contributed by atoms with E-state index < -0.39 is 5.97 Å². The molecule has 0 heterocycles. The van der Waals surface area contributed by atoms with Crippen LogP contribution in [0.2, 0.25) is 10.0 Å². The van der Waals surface area contributed by atoms with Crippen molar-refractivity contribution in [3.63, 3.8) is 0 Å².